The molecular formula is C24H27BrN2. The molecule has 0 fully saturated rings. The fourth-order valence-corrected chi connectivity index (χ4v) is 3.68. The summed E-state index contributed by atoms with van der Waals surface area (Å²) < 4.78 is 0. The third-order valence-corrected chi connectivity index (χ3v) is 5.60. The molecule has 0 amide bonds. The molecule has 27 heavy (non-hydrogen) atoms. The first-order valence-electron chi connectivity index (χ1n) is 9.19. The van der Waals surface area contributed by atoms with Gasteiger partial charge in [0, 0.05) is 50.8 Å². The maximum Gasteiger partial charge on any atom is 0.0361 e. The second-order valence-electron chi connectivity index (χ2n) is 7.28. The first-order chi connectivity index (χ1) is 13.0. The summed E-state index contributed by atoms with van der Waals surface area (Å²) in [6, 6.07) is 26.7. The van der Waals surface area contributed by atoms with Gasteiger partial charge < -0.3 is 9.80 Å². The number of nitrogens with zero attached hydrogens (tertiary/aromatic N) is 2. The fourth-order valence-electron chi connectivity index (χ4n) is 3.31. The predicted octanol–water partition coefficient (Wildman–Crippen LogP) is 5.89. The summed E-state index contributed by atoms with van der Waals surface area (Å²) in [7, 11) is 8.30. The average molecular weight is 423 g/mol. The fraction of sp³-hybridized carbons (Fsp3) is 0.250. The van der Waals surface area contributed by atoms with E-state index < -0.39 is 0 Å². The zero-order chi connectivity index (χ0) is 19.4. The van der Waals surface area contributed by atoms with E-state index in [1.807, 2.05) is 0 Å². The van der Waals surface area contributed by atoms with E-state index >= 15 is 0 Å². The maximum absolute atomic E-state index is 3.54. The highest BCUT2D eigenvalue weighted by atomic mass is 79.9. The van der Waals surface area contributed by atoms with Crippen molar-refractivity contribution in [2.75, 3.05) is 38.0 Å². The second-order valence-corrected chi connectivity index (χ2v) is 7.84. The van der Waals surface area contributed by atoms with E-state index in [2.05, 4.69) is 127 Å². The number of benzene rings is 3. The van der Waals surface area contributed by atoms with E-state index in [0.29, 0.717) is 0 Å². The lowest BCUT2D eigenvalue weighted by molar-refractivity contribution is 0.972. The number of halogens is 1. The Balaban J connectivity index is 2.04. The standard InChI is InChI=1S/C24H27BrN2/c1-26(2)22-13-9-20(10-14-22)24(19-7-5-18(17-25)6-8-19)21-11-15-23(16-12-21)27(3)4/h5-16,24H,17H2,1-4H3. The topological polar surface area (TPSA) is 6.48 Å². The van der Waals surface area contributed by atoms with E-state index in [1.165, 1.54) is 33.6 Å². The maximum atomic E-state index is 3.54. The van der Waals surface area contributed by atoms with Crippen LogP contribution in [0.2, 0.25) is 0 Å². The molecule has 0 aliphatic rings. The van der Waals surface area contributed by atoms with Crippen LogP contribution in [-0.2, 0) is 5.33 Å². The molecule has 0 aliphatic heterocycles. The number of rotatable bonds is 6. The summed E-state index contributed by atoms with van der Waals surface area (Å²) >= 11 is 3.54. The second kappa shape index (κ2) is 8.62. The van der Waals surface area contributed by atoms with Crippen LogP contribution in [0.15, 0.2) is 72.8 Å². The van der Waals surface area contributed by atoms with Crippen LogP contribution in [0.5, 0.6) is 0 Å². The summed E-state index contributed by atoms with van der Waals surface area (Å²) in [4.78, 5) is 4.27. The average Bonchev–Trinajstić information content (AvgIpc) is 2.69. The number of anilines is 2. The van der Waals surface area contributed by atoms with Gasteiger partial charge in [0.05, 0.1) is 0 Å². The van der Waals surface area contributed by atoms with Gasteiger partial charge in [-0.25, -0.2) is 0 Å². The molecule has 3 heteroatoms. The molecular weight excluding hydrogens is 396 g/mol. The Morgan fingerprint density at radius 1 is 0.593 bits per heavy atom. The van der Waals surface area contributed by atoms with Crippen molar-refractivity contribution < 1.29 is 0 Å². The van der Waals surface area contributed by atoms with Gasteiger partial charge in [0.25, 0.3) is 0 Å². The Morgan fingerprint density at radius 2 is 0.926 bits per heavy atom. The number of alkyl halides is 1. The molecule has 0 unspecified atom stereocenters. The van der Waals surface area contributed by atoms with Crippen molar-refractivity contribution in [2.24, 2.45) is 0 Å². The number of hydrogen-bond donors (Lipinski definition) is 0. The van der Waals surface area contributed by atoms with E-state index in [9.17, 15) is 0 Å². The smallest absolute Gasteiger partial charge is 0.0361 e. The zero-order valence-electron chi connectivity index (χ0n) is 16.5. The molecule has 0 N–H and O–H groups in total. The Morgan fingerprint density at radius 3 is 1.22 bits per heavy atom. The van der Waals surface area contributed by atoms with E-state index in [0.717, 1.165) is 5.33 Å². The molecule has 0 heterocycles. The predicted molar refractivity (Wildman–Crippen MR) is 122 cm³/mol. The van der Waals surface area contributed by atoms with Crippen molar-refractivity contribution in [1.82, 2.24) is 0 Å². The molecule has 140 valence electrons. The normalized spacial score (nSPS) is 10.9. The van der Waals surface area contributed by atoms with Crippen molar-refractivity contribution in [3.8, 4) is 0 Å². The molecule has 3 aromatic rings. The molecule has 0 spiro atoms. The first kappa shape index (κ1) is 19.5. The minimum atomic E-state index is 0.224. The first-order valence-corrected chi connectivity index (χ1v) is 10.3. The van der Waals surface area contributed by atoms with Crippen LogP contribution < -0.4 is 9.80 Å². The largest absolute Gasteiger partial charge is 0.378 e. The minimum absolute atomic E-state index is 0.224. The van der Waals surface area contributed by atoms with Crippen LogP contribution in [0.25, 0.3) is 0 Å². The van der Waals surface area contributed by atoms with Gasteiger partial charge in [-0.05, 0) is 46.5 Å². The SMILES string of the molecule is CN(C)c1ccc(C(c2ccc(CBr)cc2)c2ccc(N(C)C)cc2)cc1. The summed E-state index contributed by atoms with van der Waals surface area (Å²) in [5.74, 6) is 0.224. The molecule has 3 aromatic carbocycles. The third kappa shape index (κ3) is 4.54. The van der Waals surface area contributed by atoms with Crippen molar-refractivity contribution in [2.45, 2.75) is 11.2 Å². The third-order valence-electron chi connectivity index (χ3n) is 4.95. The highest BCUT2D eigenvalue weighted by molar-refractivity contribution is 9.08. The molecule has 0 aromatic heterocycles. The molecule has 0 saturated heterocycles. The van der Waals surface area contributed by atoms with Gasteiger partial charge in [-0.3, -0.25) is 0 Å². The molecule has 3 rings (SSSR count). The highest BCUT2D eigenvalue weighted by Gasteiger charge is 2.17. The van der Waals surface area contributed by atoms with Crippen LogP contribution in [0.1, 0.15) is 28.2 Å². The Kier molecular flexibility index (Phi) is 6.22. The van der Waals surface area contributed by atoms with Gasteiger partial charge in [0.2, 0.25) is 0 Å². The zero-order valence-corrected chi connectivity index (χ0v) is 18.1. The van der Waals surface area contributed by atoms with Crippen molar-refractivity contribution in [3.63, 3.8) is 0 Å². The Bertz CT molecular complexity index is 799. The molecule has 0 aliphatic carbocycles. The van der Waals surface area contributed by atoms with Crippen molar-refractivity contribution >= 4 is 27.3 Å². The van der Waals surface area contributed by atoms with Gasteiger partial charge >= 0.3 is 0 Å². The van der Waals surface area contributed by atoms with Gasteiger partial charge in [-0.1, -0.05) is 64.5 Å². The quantitative estimate of drug-likeness (QED) is 0.360. The lowest BCUT2D eigenvalue weighted by Crippen LogP contribution is -2.10. The molecule has 0 bridgehead atoms. The molecule has 0 atom stereocenters. The van der Waals surface area contributed by atoms with Crippen molar-refractivity contribution in [1.29, 1.82) is 0 Å². The van der Waals surface area contributed by atoms with E-state index in [1.54, 1.807) is 0 Å². The van der Waals surface area contributed by atoms with E-state index in [-0.39, 0.29) is 5.92 Å². The molecule has 0 saturated carbocycles. The van der Waals surface area contributed by atoms with Crippen LogP contribution in [0.3, 0.4) is 0 Å². The van der Waals surface area contributed by atoms with Crippen LogP contribution in [-0.4, -0.2) is 28.2 Å². The van der Waals surface area contributed by atoms with Gasteiger partial charge in [0.15, 0.2) is 0 Å². The van der Waals surface area contributed by atoms with Crippen LogP contribution in [0, 0.1) is 0 Å². The highest BCUT2D eigenvalue weighted by Crippen LogP contribution is 2.34. The molecule has 0 radical (unpaired) electrons. The lowest BCUT2D eigenvalue weighted by Gasteiger charge is -2.22. The summed E-state index contributed by atoms with van der Waals surface area (Å²) in [5.41, 5.74) is 7.66. The van der Waals surface area contributed by atoms with Crippen LogP contribution >= 0.6 is 15.9 Å². The van der Waals surface area contributed by atoms with Crippen LogP contribution in [0.4, 0.5) is 11.4 Å². The van der Waals surface area contributed by atoms with E-state index in [4.69, 9.17) is 0 Å². The van der Waals surface area contributed by atoms with Gasteiger partial charge in [0.1, 0.15) is 0 Å². The molecule has 2 nitrogen and oxygen atoms in total. The summed E-state index contributed by atoms with van der Waals surface area (Å²) in [6.45, 7) is 0. The Hall–Kier alpha value is -2.26. The lowest BCUT2D eigenvalue weighted by atomic mass is 9.84. The summed E-state index contributed by atoms with van der Waals surface area (Å²) in [5, 5.41) is 0.882. The minimum Gasteiger partial charge on any atom is -0.378 e. The monoisotopic (exact) mass is 422 g/mol. The van der Waals surface area contributed by atoms with Gasteiger partial charge in [-0.15, -0.1) is 0 Å². The summed E-state index contributed by atoms with van der Waals surface area (Å²) in [6.07, 6.45) is 0. The number of hydrogen-bond acceptors (Lipinski definition) is 2. The van der Waals surface area contributed by atoms with Gasteiger partial charge in [-0.2, -0.15) is 0 Å². The Labute approximate surface area is 171 Å². The van der Waals surface area contributed by atoms with Crippen molar-refractivity contribution in [3.05, 3.63) is 95.1 Å².